The Kier molecular flexibility index (Phi) is 3.90. The minimum Gasteiger partial charge on any atom is -0.388 e. The lowest BCUT2D eigenvalue weighted by molar-refractivity contribution is -0.102. The maximum atomic E-state index is 11.9. The number of hydrogen-bond donors (Lipinski definition) is 3. The number of amides is 1. The average molecular weight is 252 g/mol. The number of pyridine rings is 1. The largest absolute Gasteiger partial charge is 0.388 e. The number of aliphatic hydroxyl groups excluding tert-OH is 2. The first-order valence-electron chi connectivity index (χ1n) is 5.75. The number of aryl methyl sites for hydroxylation is 1. The van der Waals surface area contributed by atoms with E-state index in [0.29, 0.717) is 0 Å². The molecule has 1 aromatic heterocycles. The SMILES string of the molecule is Cc1ccc(C(=O)N[C@@H]2COC[C@@H](O)[C@H]2O)nc1. The van der Waals surface area contributed by atoms with Crippen LogP contribution in [0.2, 0.25) is 0 Å². The van der Waals surface area contributed by atoms with Crippen LogP contribution in [0.4, 0.5) is 0 Å². The summed E-state index contributed by atoms with van der Waals surface area (Å²) in [7, 11) is 0. The van der Waals surface area contributed by atoms with Crippen LogP contribution in [0.25, 0.3) is 0 Å². The van der Waals surface area contributed by atoms with E-state index < -0.39 is 24.2 Å². The second-order valence-corrected chi connectivity index (χ2v) is 4.40. The molecule has 2 rings (SSSR count). The van der Waals surface area contributed by atoms with Crippen LogP contribution in [0.3, 0.4) is 0 Å². The van der Waals surface area contributed by atoms with E-state index in [1.807, 2.05) is 6.92 Å². The molecule has 1 amide bonds. The second kappa shape index (κ2) is 5.43. The molecule has 0 aromatic carbocycles. The van der Waals surface area contributed by atoms with Gasteiger partial charge in [0, 0.05) is 6.20 Å². The van der Waals surface area contributed by atoms with Crippen molar-refractivity contribution in [1.29, 1.82) is 0 Å². The summed E-state index contributed by atoms with van der Waals surface area (Å²) in [4.78, 5) is 15.8. The number of hydrogen-bond acceptors (Lipinski definition) is 5. The van der Waals surface area contributed by atoms with E-state index in [-0.39, 0.29) is 18.9 Å². The Hall–Kier alpha value is -1.50. The quantitative estimate of drug-likeness (QED) is 0.643. The standard InChI is InChI=1S/C12H16N2O4/c1-7-2-3-8(13-4-7)12(17)14-9-5-18-6-10(15)11(9)16/h2-4,9-11,15-16H,5-6H2,1H3,(H,14,17)/t9-,10-,11+/m1/s1. The molecule has 1 saturated heterocycles. The summed E-state index contributed by atoms with van der Waals surface area (Å²) < 4.78 is 5.08. The van der Waals surface area contributed by atoms with Crippen molar-refractivity contribution < 1.29 is 19.7 Å². The number of ether oxygens (including phenoxy) is 1. The highest BCUT2D eigenvalue weighted by atomic mass is 16.5. The molecule has 0 unspecified atom stereocenters. The van der Waals surface area contributed by atoms with Gasteiger partial charge in [0.2, 0.25) is 0 Å². The highest BCUT2D eigenvalue weighted by Crippen LogP contribution is 2.09. The van der Waals surface area contributed by atoms with E-state index in [9.17, 15) is 15.0 Å². The topological polar surface area (TPSA) is 91.7 Å². The number of aliphatic hydroxyl groups is 2. The van der Waals surface area contributed by atoms with E-state index in [4.69, 9.17) is 4.74 Å². The van der Waals surface area contributed by atoms with Gasteiger partial charge < -0.3 is 20.3 Å². The third-order valence-corrected chi connectivity index (χ3v) is 2.85. The monoisotopic (exact) mass is 252 g/mol. The zero-order chi connectivity index (χ0) is 13.1. The van der Waals surface area contributed by atoms with E-state index in [1.165, 1.54) is 0 Å². The Morgan fingerprint density at radius 1 is 1.44 bits per heavy atom. The summed E-state index contributed by atoms with van der Waals surface area (Å²) >= 11 is 0. The van der Waals surface area contributed by atoms with Crippen molar-refractivity contribution in [1.82, 2.24) is 10.3 Å². The van der Waals surface area contributed by atoms with Gasteiger partial charge in [0.1, 0.15) is 17.9 Å². The van der Waals surface area contributed by atoms with Crippen LogP contribution in [0.15, 0.2) is 18.3 Å². The molecule has 1 aromatic rings. The van der Waals surface area contributed by atoms with E-state index in [1.54, 1.807) is 18.3 Å². The van der Waals surface area contributed by atoms with Crippen LogP contribution in [0, 0.1) is 6.92 Å². The van der Waals surface area contributed by atoms with E-state index in [0.717, 1.165) is 5.56 Å². The lowest BCUT2D eigenvalue weighted by atomic mass is 10.0. The smallest absolute Gasteiger partial charge is 0.270 e. The number of aromatic nitrogens is 1. The summed E-state index contributed by atoms with van der Waals surface area (Å²) in [6.45, 7) is 2.13. The molecule has 2 heterocycles. The number of carbonyl (C=O) groups excluding carboxylic acids is 1. The predicted molar refractivity (Wildman–Crippen MR) is 63.1 cm³/mol. The van der Waals surface area contributed by atoms with Crippen molar-refractivity contribution in [2.24, 2.45) is 0 Å². The highest BCUT2D eigenvalue weighted by molar-refractivity contribution is 5.92. The second-order valence-electron chi connectivity index (χ2n) is 4.40. The van der Waals surface area contributed by atoms with Crippen LogP contribution in [-0.2, 0) is 4.74 Å². The van der Waals surface area contributed by atoms with Gasteiger partial charge in [-0.05, 0) is 18.6 Å². The number of nitrogens with zero attached hydrogens (tertiary/aromatic N) is 1. The van der Waals surface area contributed by atoms with Crippen LogP contribution in [0.5, 0.6) is 0 Å². The molecule has 1 aliphatic rings. The number of carbonyl (C=O) groups is 1. The molecule has 6 nitrogen and oxygen atoms in total. The Morgan fingerprint density at radius 2 is 2.22 bits per heavy atom. The molecule has 6 heteroatoms. The Labute approximate surface area is 105 Å². The molecule has 0 bridgehead atoms. The lowest BCUT2D eigenvalue weighted by Crippen LogP contribution is -2.55. The summed E-state index contributed by atoms with van der Waals surface area (Å²) in [6.07, 6.45) is -0.402. The Morgan fingerprint density at radius 3 is 2.89 bits per heavy atom. The summed E-state index contributed by atoms with van der Waals surface area (Å²) in [5.74, 6) is -0.392. The van der Waals surface area contributed by atoms with Crippen LogP contribution >= 0.6 is 0 Å². The number of rotatable bonds is 2. The summed E-state index contributed by atoms with van der Waals surface area (Å²) in [6, 6.07) is 2.77. The molecule has 3 N–H and O–H groups in total. The van der Waals surface area contributed by atoms with Crippen molar-refractivity contribution in [3.05, 3.63) is 29.6 Å². The van der Waals surface area contributed by atoms with Crippen LogP contribution in [-0.4, -0.2) is 52.6 Å². The fourth-order valence-corrected chi connectivity index (χ4v) is 1.75. The molecule has 98 valence electrons. The maximum absolute atomic E-state index is 11.9. The minimum atomic E-state index is -1.02. The summed E-state index contributed by atoms with van der Waals surface area (Å²) in [5.41, 5.74) is 1.23. The molecular weight excluding hydrogens is 236 g/mol. The normalized spacial score (nSPS) is 27.8. The van der Waals surface area contributed by atoms with Gasteiger partial charge in [-0.25, -0.2) is 0 Å². The van der Waals surface area contributed by atoms with Crippen molar-refractivity contribution in [2.75, 3.05) is 13.2 Å². The molecule has 1 aliphatic heterocycles. The first kappa shape index (κ1) is 12.9. The zero-order valence-corrected chi connectivity index (χ0v) is 10.0. The molecule has 18 heavy (non-hydrogen) atoms. The van der Waals surface area contributed by atoms with Crippen molar-refractivity contribution in [3.63, 3.8) is 0 Å². The molecule has 0 spiro atoms. The van der Waals surface area contributed by atoms with Gasteiger partial charge in [0.05, 0.1) is 19.3 Å². The highest BCUT2D eigenvalue weighted by Gasteiger charge is 2.32. The van der Waals surface area contributed by atoms with Crippen LogP contribution < -0.4 is 5.32 Å². The third-order valence-electron chi connectivity index (χ3n) is 2.85. The van der Waals surface area contributed by atoms with Gasteiger partial charge in [0.25, 0.3) is 5.91 Å². The fraction of sp³-hybridized carbons (Fsp3) is 0.500. The van der Waals surface area contributed by atoms with E-state index in [2.05, 4.69) is 10.3 Å². The Bertz CT molecular complexity index is 421. The lowest BCUT2D eigenvalue weighted by Gasteiger charge is -2.32. The van der Waals surface area contributed by atoms with Crippen LogP contribution in [0.1, 0.15) is 16.1 Å². The summed E-state index contributed by atoms with van der Waals surface area (Å²) in [5, 5.41) is 21.7. The molecule has 0 radical (unpaired) electrons. The number of nitrogens with one attached hydrogen (secondary N) is 1. The van der Waals surface area contributed by atoms with Crippen molar-refractivity contribution in [3.8, 4) is 0 Å². The van der Waals surface area contributed by atoms with Crippen molar-refractivity contribution >= 4 is 5.91 Å². The first-order chi connectivity index (χ1) is 8.58. The minimum absolute atomic E-state index is 0.0797. The first-order valence-corrected chi connectivity index (χ1v) is 5.75. The van der Waals surface area contributed by atoms with Gasteiger partial charge in [0.15, 0.2) is 0 Å². The molecule has 0 saturated carbocycles. The maximum Gasteiger partial charge on any atom is 0.270 e. The third kappa shape index (κ3) is 2.84. The Balaban J connectivity index is 2.00. The van der Waals surface area contributed by atoms with Gasteiger partial charge in [-0.2, -0.15) is 0 Å². The van der Waals surface area contributed by atoms with Crippen molar-refractivity contribution in [2.45, 2.75) is 25.2 Å². The van der Waals surface area contributed by atoms with E-state index >= 15 is 0 Å². The fourth-order valence-electron chi connectivity index (χ4n) is 1.75. The molecule has 1 fully saturated rings. The van der Waals surface area contributed by atoms with Gasteiger partial charge in [-0.15, -0.1) is 0 Å². The molecule has 0 aliphatic carbocycles. The average Bonchev–Trinajstić information content (AvgIpc) is 2.36. The zero-order valence-electron chi connectivity index (χ0n) is 10.0. The van der Waals surface area contributed by atoms with Gasteiger partial charge >= 0.3 is 0 Å². The predicted octanol–water partition coefficient (Wildman–Crippen LogP) is -0.760. The molecular formula is C12H16N2O4. The van der Waals surface area contributed by atoms with Gasteiger partial charge in [-0.3, -0.25) is 9.78 Å². The van der Waals surface area contributed by atoms with Gasteiger partial charge in [-0.1, -0.05) is 6.07 Å². The molecule has 3 atom stereocenters.